The number of hydrogen-bond acceptors (Lipinski definition) is 6. The Morgan fingerprint density at radius 3 is 2.58 bits per heavy atom. The van der Waals surface area contributed by atoms with Crippen molar-refractivity contribution in [3.8, 4) is 0 Å². The number of nitrogens with one attached hydrogen (secondary N) is 1. The van der Waals surface area contributed by atoms with E-state index < -0.39 is 5.63 Å². The summed E-state index contributed by atoms with van der Waals surface area (Å²) in [5, 5.41) is 8.01. The van der Waals surface area contributed by atoms with Crippen LogP contribution in [-0.2, 0) is 6.42 Å². The third-order valence-corrected chi connectivity index (χ3v) is 5.94. The van der Waals surface area contributed by atoms with Gasteiger partial charge in [-0.15, -0.1) is 0 Å². The minimum Gasteiger partial charge on any atom is -0.378 e. The van der Waals surface area contributed by atoms with Crippen LogP contribution in [-0.4, -0.2) is 49.3 Å². The highest BCUT2D eigenvalue weighted by Gasteiger charge is 2.18. The van der Waals surface area contributed by atoms with E-state index in [2.05, 4.69) is 38.5 Å². The standard InChI is InChI=1S/C24H27ClN4O2/c1-18-22(16-19-6-3-2-4-7-19)23(24(30)31-27-18)26-10-11-28-12-14-29(15-13-28)21-9-5-8-20(25)17-21/h2-9,17,26H,10-16H2,1H3. The van der Waals surface area contributed by atoms with Gasteiger partial charge in [0.1, 0.15) is 5.69 Å². The number of aryl methyl sites for hydroxylation is 1. The minimum atomic E-state index is -0.415. The van der Waals surface area contributed by atoms with Crippen molar-refractivity contribution in [2.75, 3.05) is 49.5 Å². The Morgan fingerprint density at radius 2 is 1.84 bits per heavy atom. The van der Waals surface area contributed by atoms with Crippen LogP contribution < -0.4 is 15.8 Å². The molecular formula is C24H27ClN4O2. The number of aromatic nitrogens is 1. The van der Waals surface area contributed by atoms with Crippen molar-refractivity contribution >= 4 is 23.0 Å². The third-order valence-electron chi connectivity index (χ3n) is 5.71. The highest BCUT2D eigenvalue weighted by Crippen LogP contribution is 2.21. The fraction of sp³-hybridized carbons (Fsp3) is 0.333. The Bertz CT molecular complexity index is 1060. The van der Waals surface area contributed by atoms with Crippen molar-refractivity contribution in [3.05, 3.63) is 86.9 Å². The SMILES string of the molecule is Cc1noc(=O)c(NCCN2CCN(c3cccc(Cl)c3)CC2)c1Cc1ccccc1. The van der Waals surface area contributed by atoms with E-state index in [1.165, 1.54) is 5.69 Å². The van der Waals surface area contributed by atoms with Crippen LogP contribution in [0.25, 0.3) is 0 Å². The summed E-state index contributed by atoms with van der Waals surface area (Å²) in [4.78, 5) is 17.1. The molecule has 1 aliphatic rings. The van der Waals surface area contributed by atoms with Gasteiger partial charge in [-0.2, -0.15) is 0 Å². The second-order valence-corrected chi connectivity index (χ2v) is 8.24. The average molecular weight is 439 g/mol. The van der Waals surface area contributed by atoms with Gasteiger partial charge in [0, 0.05) is 62.0 Å². The Hall–Kier alpha value is -2.83. The molecule has 0 amide bonds. The third kappa shape index (κ3) is 5.46. The summed E-state index contributed by atoms with van der Waals surface area (Å²) in [6, 6.07) is 18.1. The van der Waals surface area contributed by atoms with E-state index >= 15 is 0 Å². The summed E-state index contributed by atoms with van der Waals surface area (Å²) in [5.41, 5.74) is 4.05. The first kappa shape index (κ1) is 21.4. The topological polar surface area (TPSA) is 61.6 Å². The maximum Gasteiger partial charge on any atom is 0.381 e. The molecule has 0 saturated carbocycles. The largest absolute Gasteiger partial charge is 0.381 e. The normalized spacial score (nSPS) is 14.6. The summed E-state index contributed by atoms with van der Waals surface area (Å²) in [6.45, 7) is 7.25. The van der Waals surface area contributed by atoms with Crippen LogP contribution in [0.4, 0.5) is 11.4 Å². The van der Waals surface area contributed by atoms with Crippen LogP contribution >= 0.6 is 11.6 Å². The van der Waals surface area contributed by atoms with Gasteiger partial charge >= 0.3 is 5.63 Å². The summed E-state index contributed by atoms with van der Waals surface area (Å²) in [5.74, 6) is 0. The predicted octanol–water partition coefficient (Wildman–Crippen LogP) is 3.82. The molecule has 4 rings (SSSR count). The molecule has 0 unspecified atom stereocenters. The number of rotatable bonds is 7. The molecule has 0 aliphatic carbocycles. The highest BCUT2D eigenvalue weighted by molar-refractivity contribution is 6.30. The van der Waals surface area contributed by atoms with Gasteiger partial charge in [0.05, 0.1) is 5.69 Å². The Balaban J connectivity index is 1.34. The number of nitrogens with zero attached hydrogens (tertiary/aromatic N) is 3. The predicted molar refractivity (Wildman–Crippen MR) is 125 cm³/mol. The smallest absolute Gasteiger partial charge is 0.378 e. The van der Waals surface area contributed by atoms with Crippen LogP contribution in [0.2, 0.25) is 5.02 Å². The Labute approximate surface area is 187 Å². The van der Waals surface area contributed by atoms with E-state index in [0.29, 0.717) is 18.7 Å². The fourth-order valence-corrected chi connectivity index (χ4v) is 4.14. The first-order valence-corrected chi connectivity index (χ1v) is 11.0. The maximum atomic E-state index is 12.4. The zero-order valence-corrected chi connectivity index (χ0v) is 18.4. The number of benzene rings is 2. The highest BCUT2D eigenvalue weighted by atomic mass is 35.5. The monoisotopic (exact) mass is 438 g/mol. The Kier molecular flexibility index (Phi) is 6.89. The number of hydrogen-bond donors (Lipinski definition) is 1. The van der Waals surface area contributed by atoms with Crippen LogP contribution in [0, 0.1) is 6.92 Å². The summed E-state index contributed by atoms with van der Waals surface area (Å²) >= 11 is 6.12. The first-order valence-electron chi connectivity index (χ1n) is 10.6. The molecular weight excluding hydrogens is 412 g/mol. The fourth-order valence-electron chi connectivity index (χ4n) is 3.95. The molecule has 162 valence electrons. The molecule has 1 saturated heterocycles. The van der Waals surface area contributed by atoms with Crippen molar-refractivity contribution in [2.45, 2.75) is 13.3 Å². The molecule has 2 heterocycles. The van der Waals surface area contributed by atoms with E-state index in [4.69, 9.17) is 16.1 Å². The molecule has 1 N–H and O–H groups in total. The first-order chi connectivity index (χ1) is 15.1. The van der Waals surface area contributed by atoms with E-state index in [9.17, 15) is 4.79 Å². The lowest BCUT2D eigenvalue weighted by atomic mass is 10.0. The van der Waals surface area contributed by atoms with Crippen LogP contribution in [0.1, 0.15) is 16.8 Å². The number of halogens is 1. The lowest BCUT2D eigenvalue weighted by Gasteiger charge is -2.36. The lowest BCUT2D eigenvalue weighted by molar-refractivity contribution is 0.267. The van der Waals surface area contributed by atoms with Crippen LogP contribution in [0.5, 0.6) is 0 Å². The van der Waals surface area contributed by atoms with Gasteiger partial charge in [-0.25, -0.2) is 4.79 Å². The molecule has 1 fully saturated rings. The summed E-state index contributed by atoms with van der Waals surface area (Å²) in [6.07, 6.45) is 0.645. The van der Waals surface area contributed by atoms with Gasteiger partial charge in [-0.05, 0) is 30.7 Å². The zero-order valence-electron chi connectivity index (χ0n) is 17.7. The van der Waals surface area contributed by atoms with Gasteiger partial charge in [-0.1, -0.05) is 53.2 Å². The summed E-state index contributed by atoms with van der Waals surface area (Å²) < 4.78 is 4.98. The zero-order chi connectivity index (χ0) is 21.6. The van der Waals surface area contributed by atoms with Crippen molar-refractivity contribution in [1.29, 1.82) is 0 Å². The quantitative estimate of drug-likeness (QED) is 0.605. The number of piperazine rings is 1. The van der Waals surface area contributed by atoms with Gasteiger partial charge in [0.2, 0.25) is 0 Å². The summed E-state index contributed by atoms with van der Waals surface area (Å²) in [7, 11) is 0. The van der Waals surface area contributed by atoms with E-state index in [0.717, 1.165) is 54.6 Å². The maximum absolute atomic E-state index is 12.4. The van der Waals surface area contributed by atoms with Gasteiger partial charge in [0.25, 0.3) is 0 Å². The molecule has 7 heteroatoms. The van der Waals surface area contributed by atoms with Gasteiger partial charge in [0.15, 0.2) is 0 Å². The van der Waals surface area contributed by atoms with Crippen molar-refractivity contribution in [1.82, 2.24) is 10.1 Å². The van der Waals surface area contributed by atoms with Crippen LogP contribution in [0.3, 0.4) is 0 Å². The van der Waals surface area contributed by atoms with E-state index in [-0.39, 0.29) is 0 Å². The van der Waals surface area contributed by atoms with E-state index in [1.807, 2.05) is 43.3 Å². The number of anilines is 2. The molecule has 3 aromatic rings. The molecule has 31 heavy (non-hydrogen) atoms. The molecule has 0 spiro atoms. The molecule has 6 nitrogen and oxygen atoms in total. The van der Waals surface area contributed by atoms with Crippen molar-refractivity contribution in [3.63, 3.8) is 0 Å². The van der Waals surface area contributed by atoms with Crippen LogP contribution in [0.15, 0.2) is 63.9 Å². The van der Waals surface area contributed by atoms with Gasteiger partial charge < -0.3 is 14.7 Å². The van der Waals surface area contributed by atoms with Gasteiger partial charge in [-0.3, -0.25) is 4.90 Å². The second-order valence-electron chi connectivity index (χ2n) is 7.81. The molecule has 2 aromatic carbocycles. The molecule has 1 aliphatic heterocycles. The van der Waals surface area contributed by atoms with Crippen molar-refractivity contribution < 1.29 is 4.52 Å². The van der Waals surface area contributed by atoms with Crippen molar-refractivity contribution in [2.24, 2.45) is 0 Å². The molecule has 0 bridgehead atoms. The second kappa shape index (κ2) is 9.98. The average Bonchev–Trinajstić information content (AvgIpc) is 2.79. The molecule has 0 radical (unpaired) electrons. The molecule has 1 aromatic heterocycles. The Morgan fingerprint density at radius 1 is 1.06 bits per heavy atom. The molecule has 0 atom stereocenters. The lowest BCUT2D eigenvalue weighted by Crippen LogP contribution is -2.47. The van der Waals surface area contributed by atoms with E-state index in [1.54, 1.807) is 0 Å². The minimum absolute atomic E-state index is 0.415.